The third-order valence-electron chi connectivity index (χ3n) is 2.40. The van der Waals surface area contributed by atoms with Crippen molar-refractivity contribution in [3.05, 3.63) is 38.5 Å². The van der Waals surface area contributed by atoms with E-state index in [2.05, 4.69) is 43.3 Å². The highest BCUT2D eigenvalue weighted by atomic mass is 79.9. The molecule has 0 bridgehead atoms. The summed E-state index contributed by atoms with van der Waals surface area (Å²) in [6.07, 6.45) is 2.81. The van der Waals surface area contributed by atoms with Crippen LogP contribution in [0.25, 0.3) is 0 Å². The van der Waals surface area contributed by atoms with E-state index < -0.39 is 0 Å². The van der Waals surface area contributed by atoms with Crippen LogP contribution in [0.2, 0.25) is 0 Å². The second-order valence-corrected chi connectivity index (χ2v) is 6.15. The van der Waals surface area contributed by atoms with Gasteiger partial charge in [0.1, 0.15) is 0 Å². The van der Waals surface area contributed by atoms with Gasteiger partial charge in [0.25, 0.3) is 0 Å². The first-order chi connectivity index (χ1) is 7.75. The Hall–Kier alpha value is -0.650. The summed E-state index contributed by atoms with van der Waals surface area (Å²) in [4.78, 5) is 8.72. The van der Waals surface area contributed by atoms with Gasteiger partial charge in [-0.25, -0.2) is 4.98 Å². The van der Waals surface area contributed by atoms with Gasteiger partial charge in [-0.2, -0.15) is 0 Å². The quantitative estimate of drug-likeness (QED) is 0.834. The lowest BCUT2D eigenvalue weighted by molar-refractivity contribution is 0.677. The van der Waals surface area contributed by atoms with E-state index in [9.17, 15) is 0 Å². The number of aryl methyl sites for hydroxylation is 1. The van der Waals surface area contributed by atoms with Gasteiger partial charge in [-0.3, -0.25) is 0 Å². The predicted molar refractivity (Wildman–Crippen MR) is 70.8 cm³/mol. The molecule has 0 unspecified atom stereocenters. The molecule has 16 heavy (non-hydrogen) atoms. The van der Waals surface area contributed by atoms with Crippen molar-refractivity contribution in [2.75, 3.05) is 6.54 Å². The van der Waals surface area contributed by atoms with Crippen molar-refractivity contribution in [1.29, 1.82) is 0 Å². The summed E-state index contributed by atoms with van der Waals surface area (Å²) in [5.74, 6) is 0. The van der Waals surface area contributed by atoms with E-state index in [4.69, 9.17) is 0 Å². The van der Waals surface area contributed by atoms with Crippen LogP contribution >= 0.6 is 27.3 Å². The number of imidazole rings is 1. The van der Waals surface area contributed by atoms with Crippen molar-refractivity contribution in [3.63, 3.8) is 0 Å². The van der Waals surface area contributed by atoms with Crippen molar-refractivity contribution < 1.29 is 0 Å². The van der Waals surface area contributed by atoms with Gasteiger partial charge in [0.05, 0.1) is 15.8 Å². The smallest absolute Gasteiger partial charge is 0.0925 e. The lowest BCUT2D eigenvalue weighted by atomic mass is 10.3. The van der Waals surface area contributed by atoms with Gasteiger partial charge in [0.2, 0.25) is 0 Å². The van der Waals surface area contributed by atoms with Gasteiger partial charge >= 0.3 is 0 Å². The molecule has 0 saturated carbocycles. The number of halogens is 1. The molecule has 0 aromatic carbocycles. The molecule has 0 radical (unpaired) electrons. The molecule has 2 N–H and O–H groups in total. The fraction of sp³-hybridized carbons (Fsp3) is 0.364. The molecule has 86 valence electrons. The fourth-order valence-corrected chi connectivity index (χ4v) is 2.95. The number of nitrogens with one attached hydrogen (secondary N) is 2. The zero-order valence-electron chi connectivity index (χ0n) is 9.09. The molecule has 0 spiro atoms. The van der Waals surface area contributed by atoms with Crippen LogP contribution in [0.5, 0.6) is 0 Å². The van der Waals surface area contributed by atoms with Crippen LogP contribution in [0.15, 0.2) is 22.2 Å². The van der Waals surface area contributed by atoms with Gasteiger partial charge < -0.3 is 10.3 Å². The summed E-state index contributed by atoms with van der Waals surface area (Å²) in [5.41, 5.74) is 2.25. The lowest BCUT2D eigenvalue weighted by Gasteiger charge is -2.01. The van der Waals surface area contributed by atoms with Crippen LogP contribution < -0.4 is 5.32 Å². The Balaban J connectivity index is 1.71. The summed E-state index contributed by atoms with van der Waals surface area (Å²) in [6, 6.07) is 4.26. The van der Waals surface area contributed by atoms with Crippen molar-refractivity contribution in [2.24, 2.45) is 0 Å². The molecule has 0 aliphatic heterocycles. The summed E-state index contributed by atoms with van der Waals surface area (Å²) >= 11 is 5.26. The molecule has 0 atom stereocenters. The second kappa shape index (κ2) is 5.61. The topological polar surface area (TPSA) is 40.7 Å². The van der Waals surface area contributed by atoms with Crippen LogP contribution in [-0.4, -0.2) is 16.5 Å². The summed E-state index contributed by atoms with van der Waals surface area (Å²) < 4.78 is 1.20. The highest BCUT2D eigenvalue weighted by Crippen LogP contribution is 2.22. The van der Waals surface area contributed by atoms with Crippen molar-refractivity contribution in [2.45, 2.75) is 19.9 Å². The Kier molecular flexibility index (Phi) is 4.15. The first-order valence-corrected chi connectivity index (χ1v) is 6.80. The van der Waals surface area contributed by atoms with Gasteiger partial charge in [-0.15, -0.1) is 11.3 Å². The van der Waals surface area contributed by atoms with Gasteiger partial charge in [0.15, 0.2) is 0 Å². The van der Waals surface area contributed by atoms with Crippen LogP contribution in [0, 0.1) is 6.92 Å². The van der Waals surface area contributed by atoms with Gasteiger partial charge in [-0.05, 0) is 41.4 Å². The minimum Gasteiger partial charge on any atom is -0.348 e. The molecule has 3 nitrogen and oxygen atoms in total. The largest absolute Gasteiger partial charge is 0.348 e. The van der Waals surface area contributed by atoms with Crippen molar-refractivity contribution in [3.8, 4) is 0 Å². The highest BCUT2D eigenvalue weighted by molar-refractivity contribution is 9.11. The van der Waals surface area contributed by atoms with Crippen molar-refractivity contribution in [1.82, 2.24) is 15.3 Å². The van der Waals surface area contributed by atoms with E-state index in [0.717, 1.165) is 30.9 Å². The monoisotopic (exact) mass is 299 g/mol. The number of H-pyrrole nitrogens is 1. The lowest BCUT2D eigenvalue weighted by Crippen LogP contribution is -2.17. The minimum absolute atomic E-state index is 0.835. The van der Waals surface area contributed by atoms with Crippen LogP contribution in [0.4, 0.5) is 0 Å². The predicted octanol–water partition coefficient (Wildman–Crippen LogP) is 2.87. The molecular formula is C11H14BrN3S. The molecule has 0 aliphatic rings. The summed E-state index contributed by atoms with van der Waals surface area (Å²) in [7, 11) is 0. The van der Waals surface area contributed by atoms with E-state index in [0.29, 0.717) is 0 Å². The zero-order valence-corrected chi connectivity index (χ0v) is 11.5. The molecule has 0 saturated heterocycles. The number of thiophene rings is 1. The molecule has 0 aliphatic carbocycles. The third-order valence-corrected chi connectivity index (χ3v) is 4.09. The summed E-state index contributed by atoms with van der Waals surface area (Å²) in [5, 5.41) is 3.40. The first-order valence-electron chi connectivity index (χ1n) is 5.19. The molecule has 2 heterocycles. The number of rotatable bonds is 5. The molecular weight excluding hydrogens is 286 g/mol. The molecule has 0 fully saturated rings. The van der Waals surface area contributed by atoms with E-state index in [1.54, 1.807) is 17.7 Å². The molecule has 2 aromatic rings. The fourth-order valence-electron chi connectivity index (χ4n) is 1.47. The number of hydrogen-bond acceptors (Lipinski definition) is 3. The number of aromatic nitrogens is 2. The SMILES string of the molecule is Cc1[nH]cnc1CNCCc1ccc(Br)s1. The van der Waals surface area contributed by atoms with Gasteiger partial charge in [-0.1, -0.05) is 0 Å². The third kappa shape index (κ3) is 3.17. The molecule has 2 rings (SSSR count). The highest BCUT2D eigenvalue weighted by Gasteiger charge is 2.00. The Labute approximate surface area is 107 Å². The Bertz CT molecular complexity index is 450. The maximum absolute atomic E-state index is 4.24. The Morgan fingerprint density at radius 2 is 2.38 bits per heavy atom. The standard InChI is InChI=1S/C11H14BrN3S/c1-8-10(15-7-14-8)6-13-5-4-9-2-3-11(12)16-9/h2-3,7,13H,4-6H2,1H3,(H,14,15). The Morgan fingerprint density at radius 3 is 3.00 bits per heavy atom. The zero-order chi connectivity index (χ0) is 11.4. The van der Waals surface area contributed by atoms with Crippen LogP contribution in [0.3, 0.4) is 0 Å². The van der Waals surface area contributed by atoms with Crippen LogP contribution in [0.1, 0.15) is 16.3 Å². The number of aromatic amines is 1. The summed E-state index contributed by atoms with van der Waals surface area (Å²) in [6.45, 7) is 3.86. The van der Waals surface area contributed by atoms with E-state index in [1.807, 2.05) is 6.92 Å². The number of nitrogens with zero attached hydrogens (tertiary/aromatic N) is 1. The number of hydrogen-bond donors (Lipinski definition) is 2. The van der Waals surface area contributed by atoms with E-state index >= 15 is 0 Å². The normalized spacial score (nSPS) is 10.9. The molecule has 0 amide bonds. The Morgan fingerprint density at radius 1 is 1.50 bits per heavy atom. The molecule has 2 aromatic heterocycles. The minimum atomic E-state index is 0.835. The maximum Gasteiger partial charge on any atom is 0.0925 e. The van der Waals surface area contributed by atoms with Gasteiger partial charge in [0, 0.05) is 23.7 Å². The first kappa shape index (κ1) is 11.8. The average Bonchev–Trinajstić information content (AvgIpc) is 2.83. The van der Waals surface area contributed by atoms with Crippen LogP contribution in [-0.2, 0) is 13.0 Å². The van der Waals surface area contributed by atoms with E-state index in [-0.39, 0.29) is 0 Å². The van der Waals surface area contributed by atoms with Crippen molar-refractivity contribution >= 4 is 27.3 Å². The maximum atomic E-state index is 4.24. The average molecular weight is 300 g/mol. The molecule has 5 heteroatoms. The van der Waals surface area contributed by atoms with E-state index in [1.165, 1.54) is 8.66 Å². The second-order valence-electron chi connectivity index (χ2n) is 3.61.